The van der Waals surface area contributed by atoms with Gasteiger partial charge in [0.1, 0.15) is 5.82 Å². The lowest BCUT2D eigenvalue weighted by Crippen LogP contribution is -2.34. The van der Waals surface area contributed by atoms with Crippen LogP contribution in [0.1, 0.15) is 13.3 Å². The summed E-state index contributed by atoms with van der Waals surface area (Å²) in [6.45, 7) is 5.11. The third-order valence-electron chi connectivity index (χ3n) is 2.49. The quantitative estimate of drug-likeness (QED) is 0.778. The molecule has 1 heterocycles. The molecule has 0 unspecified atom stereocenters. The van der Waals surface area contributed by atoms with E-state index in [0.717, 1.165) is 37.4 Å². The van der Waals surface area contributed by atoms with Crippen molar-refractivity contribution in [1.29, 1.82) is 0 Å². The molecule has 1 aliphatic rings. The maximum absolute atomic E-state index is 12.9. The zero-order valence-electron chi connectivity index (χ0n) is 8.39. The van der Waals surface area contributed by atoms with Crippen molar-refractivity contribution in [2.45, 2.75) is 13.3 Å². The molecular formula is C11H15FN2. The van der Waals surface area contributed by atoms with Crippen molar-refractivity contribution in [1.82, 2.24) is 0 Å². The fourth-order valence-electron chi connectivity index (χ4n) is 1.87. The molecule has 2 nitrogen and oxygen atoms in total. The van der Waals surface area contributed by atoms with E-state index in [1.165, 1.54) is 6.07 Å². The van der Waals surface area contributed by atoms with Crippen molar-refractivity contribution in [3.63, 3.8) is 0 Å². The number of hydrogen-bond acceptors (Lipinski definition) is 2. The van der Waals surface area contributed by atoms with E-state index in [1.54, 1.807) is 6.07 Å². The Balaban J connectivity index is 2.30. The summed E-state index contributed by atoms with van der Waals surface area (Å²) in [6.07, 6.45) is 1.12. The number of anilines is 2. The van der Waals surface area contributed by atoms with Crippen LogP contribution in [0.5, 0.6) is 0 Å². The van der Waals surface area contributed by atoms with Gasteiger partial charge in [0.05, 0.1) is 11.4 Å². The molecule has 0 atom stereocenters. The molecule has 2 rings (SSSR count). The van der Waals surface area contributed by atoms with Gasteiger partial charge in [0.2, 0.25) is 0 Å². The molecule has 1 aliphatic heterocycles. The standard InChI is InChI=1S/C11H15FN2/c1-2-6-14-7-5-13-10-8-9(12)3-4-11(10)14/h3-4,8,13H,2,5-7H2,1H3. The van der Waals surface area contributed by atoms with E-state index >= 15 is 0 Å². The molecule has 0 aliphatic carbocycles. The van der Waals surface area contributed by atoms with Gasteiger partial charge in [-0.3, -0.25) is 0 Å². The maximum Gasteiger partial charge on any atom is 0.125 e. The van der Waals surface area contributed by atoms with Crippen molar-refractivity contribution in [3.8, 4) is 0 Å². The number of fused-ring (bicyclic) bond motifs is 1. The van der Waals surface area contributed by atoms with E-state index in [1.807, 2.05) is 6.07 Å². The number of nitrogens with zero attached hydrogens (tertiary/aromatic N) is 1. The summed E-state index contributed by atoms with van der Waals surface area (Å²) in [5.74, 6) is -0.172. The first-order valence-corrected chi connectivity index (χ1v) is 5.09. The zero-order chi connectivity index (χ0) is 9.97. The lowest BCUT2D eigenvalue weighted by Gasteiger charge is -2.31. The summed E-state index contributed by atoms with van der Waals surface area (Å²) >= 11 is 0. The van der Waals surface area contributed by atoms with Crippen LogP contribution in [-0.2, 0) is 0 Å². The van der Waals surface area contributed by atoms with Gasteiger partial charge in [-0.2, -0.15) is 0 Å². The molecule has 3 heteroatoms. The normalized spacial score (nSPS) is 14.9. The second-order valence-electron chi connectivity index (χ2n) is 3.58. The lowest BCUT2D eigenvalue weighted by molar-refractivity contribution is 0.626. The van der Waals surface area contributed by atoms with Crippen LogP contribution in [0.25, 0.3) is 0 Å². The first-order valence-electron chi connectivity index (χ1n) is 5.09. The molecule has 0 saturated carbocycles. The molecule has 0 amide bonds. The van der Waals surface area contributed by atoms with Gasteiger partial charge < -0.3 is 10.2 Å². The van der Waals surface area contributed by atoms with E-state index in [2.05, 4.69) is 17.1 Å². The molecule has 0 aromatic heterocycles. The average molecular weight is 194 g/mol. The summed E-state index contributed by atoms with van der Waals surface area (Å²) in [4.78, 5) is 2.30. The molecule has 14 heavy (non-hydrogen) atoms. The first-order chi connectivity index (χ1) is 6.81. The number of halogens is 1. The molecule has 76 valence electrons. The van der Waals surface area contributed by atoms with Crippen molar-refractivity contribution in [3.05, 3.63) is 24.0 Å². The summed E-state index contributed by atoms with van der Waals surface area (Å²) in [5, 5.41) is 3.21. The number of benzene rings is 1. The monoisotopic (exact) mass is 194 g/mol. The third-order valence-corrected chi connectivity index (χ3v) is 2.49. The summed E-state index contributed by atoms with van der Waals surface area (Å²) in [7, 11) is 0. The second-order valence-corrected chi connectivity index (χ2v) is 3.58. The number of hydrogen-bond donors (Lipinski definition) is 1. The van der Waals surface area contributed by atoms with Gasteiger partial charge in [0, 0.05) is 19.6 Å². The highest BCUT2D eigenvalue weighted by Crippen LogP contribution is 2.29. The Morgan fingerprint density at radius 1 is 1.50 bits per heavy atom. The molecule has 1 aromatic carbocycles. The smallest absolute Gasteiger partial charge is 0.125 e. The molecule has 0 saturated heterocycles. The maximum atomic E-state index is 12.9. The largest absolute Gasteiger partial charge is 0.382 e. The van der Waals surface area contributed by atoms with Crippen LogP contribution in [0.3, 0.4) is 0 Å². The molecular weight excluding hydrogens is 179 g/mol. The summed E-state index contributed by atoms with van der Waals surface area (Å²) in [5.41, 5.74) is 2.05. The van der Waals surface area contributed by atoms with Crippen LogP contribution in [0.2, 0.25) is 0 Å². The molecule has 0 bridgehead atoms. The fraction of sp³-hybridized carbons (Fsp3) is 0.455. The van der Waals surface area contributed by atoms with Crippen molar-refractivity contribution in [2.24, 2.45) is 0 Å². The van der Waals surface area contributed by atoms with Gasteiger partial charge in [-0.1, -0.05) is 6.92 Å². The lowest BCUT2D eigenvalue weighted by atomic mass is 10.2. The topological polar surface area (TPSA) is 15.3 Å². The van der Waals surface area contributed by atoms with Gasteiger partial charge in [-0.25, -0.2) is 4.39 Å². The molecule has 1 aromatic rings. The van der Waals surface area contributed by atoms with Crippen LogP contribution in [0.15, 0.2) is 18.2 Å². The van der Waals surface area contributed by atoms with E-state index in [-0.39, 0.29) is 5.82 Å². The fourth-order valence-corrected chi connectivity index (χ4v) is 1.87. The highest BCUT2D eigenvalue weighted by molar-refractivity contribution is 5.72. The van der Waals surface area contributed by atoms with Crippen LogP contribution in [0.4, 0.5) is 15.8 Å². The van der Waals surface area contributed by atoms with E-state index < -0.39 is 0 Å². The Morgan fingerprint density at radius 2 is 2.36 bits per heavy atom. The van der Waals surface area contributed by atoms with Crippen LogP contribution in [0, 0.1) is 5.82 Å². The summed E-state index contributed by atoms with van der Waals surface area (Å²) < 4.78 is 12.9. The number of rotatable bonds is 2. The Bertz CT molecular complexity index is 325. The van der Waals surface area contributed by atoms with Gasteiger partial charge >= 0.3 is 0 Å². The van der Waals surface area contributed by atoms with Crippen LogP contribution < -0.4 is 10.2 Å². The summed E-state index contributed by atoms with van der Waals surface area (Å²) in [6, 6.07) is 4.94. The Labute approximate surface area is 83.7 Å². The van der Waals surface area contributed by atoms with E-state index in [4.69, 9.17) is 0 Å². The predicted octanol–water partition coefficient (Wildman–Crippen LogP) is 2.47. The molecule has 0 radical (unpaired) electrons. The SMILES string of the molecule is CCCN1CCNc2cc(F)ccc21. The minimum Gasteiger partial charge on any atom is -0.382 e. The second kappa shape index (κ2) is 3.86. The predicted molar refractivity (Wildman–Crippen MR) is 57.4 cm³/mol. The third kappa shape index (κ3) is 1.67. The van der Waals surface area contributed by atoms with Crippen molar-refractivity contribution in [2.75, 3.05) is 29.9 Å². The van der Waals surface area contributed by atoms with Crippen molar-refractivity contribution < 1.29 is 4.39 Å². The highest BCUT2D eigenvalue weighted by Gasteiger charge is 2.15. The molecule has 0 fully saturated rings. The minimum atomic E-state index is -0.172. The molecule has 0 spiro atoms. The van der Waals surface area contributed by atoms with Crippen LogP contribution >= 0.6 is 0 Å². The number of nitrogens with one attached hydrogen (secondary N) is 1. The van der Waals surface area contributed by atoms with E-state index in [9.17, 15) is 4.39 Å². The van der Waals surface area contributed by atoms with Crippen molar-refractivity contribution >= 4 is 11.4 Å². The first kappa shape index (κ1) is 9.31. The Hall–Kier alpha value is -1.25. The Morgan fingerprint density at radius 3 is 3.14 bits per heavy atom. The van der Waals surface area contributed by atoms with E-state index in [0.29, 0.717) is 0 Å². The van der Waals surface area contributed by atoms with Gasteiger partial charge in [-0.15, -0.1) is 0 Å². The average Bonchev–Trinajstić information content (AvgIpc) is 2.18. The molecule has 1 N–H and O–H groups in total. The van der Waals surface area contributed by atoms with Crippen LogP contribution in [-0.4, -0.2) is 19.6 Å². The Kier molecular flexibility index (Phi) is 2.57. The highest BCUT2D eigenvalue weighted by atomic mass is 19.1. The minimum absolute atomic E-state index is 0.172. The van der Waals surface area contributed by atoms with Gasteiger partial charge in [0.15, 0.2) is 0 Å². The van der Waals surface area contributed by atoms with Gasteiger partial charge in [-0.05, 0) is 24.6 Å². The zero-order valence-corrected chi connectivity index (χ0v) is 8.39. The van der Waals surface area contributed by atoms with Gasteiger partial charge in [0.25, 0.3) is 0 Å².